The number of aryl methyl sites for hydroxylation is 1. The third kappa shape index (κ3) is 3.02. The Morgan fingerprint density at radius 1 is 1.26 bits per heavy atom. The molecule has 5 heteroatoms. The fraction of sp³-hybridized carbons (Fsp3) is 0.643. The van der Waals surface area contributed by atoms with Crippen molar-refractivity contribution in [2.24, 2.45) is 0 Å². The highest BCUT2D eigenvalue weighted by Crippen LogP contribution is 2.24. The average Bonchev–Trinajstić information content (AvgIpc) is 2.47. The van der Waals surface area contributed by atoms with E-state index in [-0.39, 0.29) is 6.10 Å². The summed E-state index contributed by atoms with van der Waals surface area (Å²) in [5.41, 5.74) is 2.44. The van der Waals surface area contributed by atoms with Crippen LogP contribution in [0.2, 0.25) is 0 Å². The van der Waals surface area contributed by atoms with Gasteiger partial charge in [0.05, 0.1) is 5.69 Å². The molecule has 0 bridgehead atoms. The lowest BCUT2D eigenvalue weighted by molar-refractivity contribution is 0.153. The highest BCUT2D eigenvalue weighted by atomic mass is 16.5. The van der Waals surface area contributed by atoms with Crippen molar-refractivity contribution in [3.05, 3.63) is 16.8 Å². The van der Waals surface area contributed by atoms with Crippen LogP contribution in [-0.2, 0) is 12.8 Å². The number of rotatable bonds is 4. The monoisotopic (exact) mass is 260 g/mol. The quantitative estimate of drug-likeness (QED) is 0.890. The Labute approximate surface area is 114 Å². The van der Waals surface area contributed by atoms with Gasteiger partial charge in [-0.15, -0.1) is 5.10 Å². The SMILES string of the molecule is CCc1nnc(OC2CCNCC2)c(C#N)c1CC. The summed E-state index contributed by atoms with van der Waals surface area (Å²) in [6.45, 7) is 5.96. The number of piperidine rings is 1. The maximum absolute atomic E-state index is 9.37. The second-order valence-electron chi connectivity index (χ2n) is 4.69. The number of nitrogens with one attached hydrogen (secondary N) is 1. The molecule has 0 saturated carbocycles. The van der Waals surface area contributed by atoms with E-state index in [1.807, 2.05) is 13.8 Å². The van der Waals surface area contributed by atoms with Crippen molar-refractivity contribution in [2.75, 3.05) is 13.1 Å². The molecular formula is C14H20N4O. The normalized spacial score (nSPS) is 16.1. The predicted molar refractivity (Wildman–Crippen MR) is 72.0 cm³/mol. The fourth-order valence-corrected chi connectivity index (χ4v) is 2.42. The summed E-state index contributed by atoms with van der Waals surface area (Å²) in [6, 6.07) is 2.24. The zero-order valence-corrected chi connectivity index (χ0v) is 11.6. The number of hydrogen-bond donors (Lipinski definition) is 1. The largest absolute Gasteiger partial charge is 0.472 e. The van der Waals surface area contributed by atoms with Crippen LogP contribution in [0.5, 0.6) is 5.88 Å². The Kier molecular flexibility index (Phi) is 4.69. The molecule has 5 nitrogen and oxygen atoms in total. The molecule has 2 heterocycles. The Hall–Kier alpha value is -1.67. The first-order valence-electron chi connectivity index (χ1n) is 6.96. The first-order valence-corrected chi connectivity index (χ1v) is 6.96. The third-order valence-corrected chi connectivity index (χ3v) is 3.49. The van der Waals surface area contributed by atoms with Gasteiger partial charge < -0.3 is 10.1 Å². The molecule has 1 N–H and O–H groups in total. The number of ether oxygens (including phenoxy) is 1. The first-order chi connectivity index (χ1) is 9.30. The van der Waals surface area contributed by atoms with E-state index in [1.165, 1.54) is 0 Å². The summed E-state index contributed by atoms with van der Waals surface area (Å²) in [7, 11) is 0. The van der Waals surface area contributed by atoms with Crippen LogP contribution in [0.1, 0.15) is 43.5 Å². The molecule has 0 atom stereocenters. The van der Waals surface area contributed by atoms with Crippen LogP contribution in [0, 0.1) is 11.3 Å². The maximum atomic E-state index is 9.37. The van der Waals surface area contributed by atoms with Gasteiger partial charge in [0.1, 0.15) is 17.7 Å². The lowest BCUT2D eigenvalue weighted by Crippen LogP contribution is -2.34. The van der Waals surface area contributed by atoms with Gasteiger partial charge in [0.25, 0.3) is 5.88 Å². The van der Waals surface area contributed by atoms with Gasteiger partial charge in [0, 0.05) is 0 Å². The van der Waals surface area contributed by atoms with E-state index < -0.39 is 0 Å². The van der Waals surface area contributed by atoms with Gasteiger partial charge >= 0.3 is 0 Å². The van der Waals surface area contributed by atoms with Gasteiger partial charge in [-0.2, -0.15) is 10.4 Å². The second-order valence-corrected chi connectivity index (χ2v) is 4.69. The molecule has 0 radical (unpaired) electrons. The third-order valence-electron chi connectivity index (χ3n) is 3.49. The van der Waals surface area contributed by atoms with E-state index in [0.717, 1.165) is 50.0 Å². The van der Waals surface area contributed by atoms with E-state index in [0.29, 0.717) is 11.4 Å². The van der Waals surface area contributed by atoms with Crippen molar-refractivity contribution in [3.63, 3.8) is 0 Å². The van der Waals surface area contributed by atoms with Crippen LogP contribution in [0.4, 0.5) is 0 Å². The molecule has 1 aliphatic rings. The highest BCUT2D eigenvalue weighted by Gasteiger charge is 2.20. The van der Waals surface area contributed by atoms with Crippen molar-refractivity contribution < 1.29 is 4.74 Å². The molecule has 1 saturated heterocycles. The Morgan fingerprint density at radius 2 is 2.00 bits per heavy atom. The van der Waals surface area contributed by atoms with Gasteiger partial charge in [-0.25, -0.2) is 0 Å². The lowest BCUT2D eigenvalue weighted by atomic mass is 10.0. The molecule has 0 aliphatic carbocycles. The second kappa shape index (κ2) is 6.48. The standard InChI is InChI=1S/C14H20N4O/c1-3-11-12(9-15)14(18-17-13(11)4-2)19-10-5-7-16-8-6-10/h10,16H,3-8H2,1-2H3. The molecule has 102 valence electrons. The fourth-order valence-electron chi connectivity index (χ4n) is 2.42. The summed E-state index contributed by atoms with van der Waals surface area (Å²) in [4.78, 5) is 0. The van der Waals surface area contributed by atoms with Crippen LogP contribution in [0.15, 0.2) is 0 Å². The minimum Gasteiger partial charge on any atom is -0.472 e. The summed E-state index contributed by atoms with van der Waals surface area (Å²) in [5, 5.41) is 21.0. The van der Waals surface area contributed by atoms with Crippen molar-refractivity contribution in [3.8, 4) is 11.9 Å². The molecule has 0 spiro atoms. The van der Waals surface area contributed by atoms with E-state index >= 15 is 0 Å². The lowest BCUT2D eigenvalue weighted by Gasteiger charge is -2.23. The van der Waals surface area contributed by atoms with Crippen LogP contribution in [-0.4, -0.2) is 29.4 Å². The zero-order valence-electron chi connectivity index (χ0n) is 11.6. The summed E-state index contributed by atoms with van der Waals surface area (Å²) >= 11 is 0. The summed E-state index contributed by atoms with van der Waals surface area (Å²) in [6.07, 6.45) is 3.61. The van der Waals surface area contributed by atoms with Gasteiger partial charge in [0.2, 0.25) is 0 Å². The van der Waals surface area contributed by atoms with Crippen molar-refractivity contribution in [2.45, 2.75) is 45.6 Å². The van der Waals surface area contributed by atoms with E-state index in [4.69, 9.17) is 4.74 Å². The van der Waals surface area contributed by atoms with Crippen LogP contribution in [0.25, 0.3) is 0 Å². The minimum absolute atomic E-state index is 0.139. The zero-order chi connectivity index (χ0) is 13.7. The molecule has 0 amide bonds. The van der Waals surface area contributed by atoms with E-state index in [9.17, 15) is 5.26 Å². The van der Waals surface area contributed by atoms with Gasteiger partial charge in [-0.3, -0.25) is 0 Å². The van der Waals surface area contributed by atoms with Crippen LogP contribution < -0.4 is 10.1 Å². The molecule has 0 aromatic carbocycles. The average molecular weight is 260 g/mol. The molecule has 2 rings (SSSR count). The van der Waals surface area contributed by atoms with Gasteiger partial charge in [0.15, 0.2) is 0 Å². The molecule has 1 aromatic heterocycles. The molecule has 0 unspecified atom stereocenters. The molecule has 1 aliphatic heterocycles. The molecule has 1 fully saturated rings. The molecule has 1 aromatic rings. The highest BCUT2D eigenvalue weighted by molar-refractivity contribution is 5.46. The number of nitriles is 1. The topological polar surface area (TPSA) is 70.8 Å². The molecule has 19 heavy (non-hydrogen) atoms. The van der Waals surface area contributed by atoms with E-state index in [1.54, 1.807) is 0 Å². The Morgan fingerprint density at radius 3 is 2.58 bits per heavy atom. The van der Waals surface area contributed by atoms with Crippen molar-refractivity contribution in [1.29, 1.82) is 5.26 Å². The number of nitrogens with zero attached hydrogens (tertiary/aromatic N) is 3. The number of hydrogen-bond acceptors (Lipinski definition) is 5. The maximum Gasteiger partial charge on any atom is 0.252 e. The van der Waals surface area contributed by atoms with Crippen LogP contribution >= 0.6 is 0 Å². The minimum atomic E-state index is 0.139. The predicted octanol–water partition coefficient (Wildman–Crippen LogP) is 1.60. The Bertz CT molecular complexity index is 475. The summed E-state index contributed by atoms with van der Waals surface area (Å²) < 4.78 is 5.88. The Balaban J connectivity index is 2.27. The summed E-state index contributed by atoms with van der Waals surface area (Å²) in [5.74, 6) is 0.406. The molecular weight excluding hydrogens is 240 g/mol. The van der Waals surface area contributed by atoms with Crippen molar-refractivity contribution >= 4 is 0 Å². The van der Waals surface area contributed by atoms with E-state index in [2.05, 4.69) is 21.6 Å². The van der Waals surface area contributed by atoms with Gasteiger partial charge in [-0.1, -0.05) is 13.8 Å². The van der Waals surface area contributed by atoms with Crippen LogP contribution in [0.3, 0.4) is 0 Å². The smallest absolute Gasteiger partial charge is 0.252 e. The van der Waals surface area contributed by atoms with Crippen molar-refractivity contribution in [1.82, 2.24) is 15.5 Å². The number of aromatic nitrogens is 2. The first kappa shape index (κ1) is 13.8. The van der Waals surface area contributed by atoms with Gasteiger partial charge in [-0.05, 0) is 44.3 Å².